The molecule has 10 atom stereocenters. The molecule has 4 aromatic carbocycles. The van der Waals surface area contributed by atoms with Crippen molar-refractivity contribution in [3.05, 3.63) is 142 Å². The second-order valence-corrected chi connectivity index (χ2v) is 36.9. The number of benzene rings is 4. The normalized spacial score (nSPS) is 22.7. The Morgan fingerprint density at radius 2 is 1.15 bits per heavy atom. The quantitative estimate of drug-likeness (QED) is 0.0282. The van der Waals surface area contributed by atoms with Crippen molar-refractivity contribution < 1.29 is 28.6 Å². The summed E-state index contributed by atoms with van der Waals surface area (Å²) in [5.74, 6) is 0.654. The molecular formula is C68H104Cl2O6Si2. The molecule has 0 amide bonds. The monoisotopic (exact) mass is 1140 g/mol. The summed E-state index contributed by atoms with van der Waals surface area (Å²) in [7, 11) is -3.96. The first-order chi connectivity index (χ1) is 36.8. The summed E-state index contributed by atoms with van der Waals surface area (Å²) in [4.78, 5) is 12.3. The van der Waals surface area contributed by atoms with Crippen LogP contribution in [0.1, 0.15) is 226 Å². The van der Waals surface area contributed by atoms with E-state index in [9.17, 15) is 15.0 Å². The number of carbonyl (C=O) groups excluding carboxylic acids is 1. The van der Waals surface area contributed by atoms with E-state index in [0.717, 1.165) is 93.7 Å². The Hall–Kier alpha value is -2.80. The first-order valence-electron chi connectivity index (χ1n) is 30.3. The minimum absolute atomic E-state index is 0.0156. The van der Waals surface area contributed by atoms with E-state index in [1.165, 1.54) is 41.5 Å². The Balaban J connectivity index is 0.000000319. The highest BCUT2D eigenvalue weighted by Crippen LogP contribution is 2.51. The van der Waals surface area contributed by atoms with Gasteiger partial charge in [0.25, 0.3) is 0 Å². The third kappa shape index (κ3) is 18.9. The maximum atomic E-state index is 12.3. The summed E-state index contributed by atoms with van der Waals surface area (Å²) in [5, 5.41) is 21.5. The van der Waals surface area contributed by atoms with Gasteiger partial charge in [-0.05, 0) is 172 Å². The molecule has 78 heavy (non-hydrogen) atoms. The van der Waals surface area contributed by atoms with Gasteiger partial charge in [0.15, 0.2) is 16.6 Å². The fraction of sp³-hybridized carbons (Fsp3) is 0.632. The number of carbonyl (C=O) groups is 1. The van der Waals surface area contributed by atoms with Gasteiger partial charge in [0.2, 0.25) is 0 Å². The van der Waals surface area contributed by atoms with Crippen LogP contribution in [0.4, 0.5) is 0 Å². The molecule has 0 bridgehead atoms. The molecule has 2 aliphatic carbocycles. The minimum Gasteiger partial charge on any atom is -0.462 e. The first kappa shape index (κ1) is 66.0. The molecule has 0 saturated heterocycles. The number of halogens is 2. The molecule has 2 N–H and O–H groups in total. The third-order valence-electron chi connectivity index (χ3n) is 18.2. The molecule has 2 unspecified atom stereocenters. The van der Waals surface area contributed by atoms with E-state index in [1.54, 1.807) is 0 Å². The van der Waals surface area contributed by atoms with Gasteiger partial charge in [0.05, 0.1) is 36.6 Å². The van der Waals surface area contributed by atoms with E-state index in [2.05, 4.69) is 155 Å². The molecule has 2 aliphatic rings. The SMILES string of the molecule is CCCCCC(O)c1ccc([C@@H]2[C@@H](CCCc3cccc(C)c3)[C@H](Cl)C[C@H]2O)cc1.CCCCCC(O[Si](C)(C)C(C)(C)C)c1ccc([C@@H]2[C@@H](CCCc3cccc(C(=O)OCC)c3)[C@H](Cl)C[C@H]2O[Si](C)(C)C(C)(C)C)cc1. The molecule has 2 saturated carbocycles. The first-order valence-corrected chi connectivity index (χ1v) is 37.0. The van der Waals surface area contributed by atoms with Crippen LogP contribution >= 0.6 is 23.2 Å². The molecule has 0 spiro atoms. The highest BCUT2D eigenvalue weighted by atomic mass is 35.5. The Kier molecular flexibility index (Phi) is 25.8. The number of aliphatic hydroxyl groups is 2. The Bertz CT molecular complexity index is 2390. The van der Waals surface area contributed by atoms with Crippen LogP contribution in [0.5, 0.6) is 0 Å². The summed E-state index contributed by atoms with van der Waals surface area (Å²) >= 11 is 13.9. The molecule has 0 aromatic heterocycles. The van der Waals surface area contributed by atoms with Crippen molar-refractivity contribution in [3.63, 3.8) is 0 Å². The summed E-state index contributed by atoms with van der Waals surface area (Å²) < 4.78 is 19.5. The third-order valence-corrected chi connectivity index (χ3v) is 28.2. The zero-order valence-electron chi connectivity index (χ0n) is 50.8. The minimum atomic E-state index is -2.02. The number of ether oxygens (including phenoxy) is 1. The highest BCUT2D eigenvalue weighted by Gasteiger charge is 2.49. The van der Waals surface area contributed by atoms with Crippen LogP contribution < -0.4 is 0 Å². The molecule has 0 radical (unpaired) electrons. The summed E-state index contributed by atoms with van der Waals surface area (Å²) in [6, 6.07) is 34.2. The number of aliphatic hydroxyl groups excluding tert-OH is 2. The largest absolute Gasteiger partial charge is 0.462 e. The fourth-order valence-electron chi connectivity index (χ4n) is 11.5. The van der Waals surface area contributed by atoms with Crippen molar-refractivity contribution in [1.29, 1.82) is 0 Å². The number of hydrogen-bond acceptors (Lipinski definition) is 6. The van der Waals surface area contributed by atoms with Gasteiger partial charge in [-0.2, -0.15) is 0 Å². The maximum Gasteiger partial charge on any atom is 0.338 e. The van der Waals surface area contributed by atoms with Gasteiger partial charge in [0.1, 0.15) is 0 Å². The summed E-state index contributed by atoms with van der Waals surface area (Å²) in [6.07, 6.45) is 15.9. The Labute approximate surface area is 486 Å². The lowest BCUT2D eigenvalue weighted by Gasteiger charge is -2.40. The van der Waals surface area contributed by atoms with E-state index in [1.807, 2.05) is 37.3 Å². The number of rotatable bonds is 26. The van der Waals surface area contributed by atoms with Gasteiger partial charge < -0.3 is 23.8 Å². The molecule has 10 heteroatoms. The smallest absolute Gasteiger partial charge is 0.338 e. The summed E-state index contributed by atoms with van der Waals surface area (Å²) in [6.45, 7) is 32.2. The van der Waals surface area contributed by atoms with E-state index in [-0.39, 0.29) is 56.8 Å². The molecule has 6 rings (SSSR count). The van der Waals surface area contributed by atoms with Crippen LogP contribution in [0.3, 0.4) is 0 Å². The van der Waals surface area contributed by atoms with Crippen LogP contribution in [-0.4, -0.2) is 62.4 Å². The van der Waals surface area contributed by atoms with E-state index >= 15 is 0 Å². The Morgan fingerprint density at radius 3 is 1.71 bits per heavy atom. The number of hydrogen-bond donors (Lipinski definition) is 2. The van der Waals surface area contributed by atoms with Gasteiger partial charge in [-0.15, -0.1) is 23.2 Å². The van der Waals surface area contributed by atoms with Crippen molar-refractivity contribution in [3.8, 4) is 0 Å². The van der Waals surface area contributed by atoms with Gasteiger partial charge in [-0.3, -0.25) is 0 Å². The zero-order valence-corrected chi connectivity index (χ0v) is 54.3. The van der Waals surface area contributed by atoms with Crippen molar-refractivity contribution >= 4 is 45.8 Å². The average molecular weight is 1140 g/mol. The predicted octanol–water partition coefficient (Wildman–Crippen LogP) is 19.3. The molecule has 434 valence electrons. The van der Waals surface area contributed by atoms with Crippen LogP contribution in [0.2, 0.25) is 36.3 Å². The second kappa shape index (κ2) is 30.5. The molecular weight excluding hydrogens is 1040 g/mol. The fourth-order valence-corrected chi connectivity index (χ4v) is 15.1. The number of unbranched alkanes of at least 4 members (excludes halogenated alkanes) is 4. The predicted molar refractivity (Wildman–Crippen MR) is 336 cm³/mol. The lowest BCUT2D eigenvalue weighted by atomic mass is 9.83. The van der Waals surface area contributed by atoms with Crippen molar-refractivity contribution in [2.24, 2.45) is 11.8 Å². The standard InChI is InChI=1S/C41H67ClO4Si2.C27H37ClO2/c1-13-15-16-23-36(45-47(9,10)40(3,4)5)31-24-26-32(27-25-31)38-34(35(42)29-37(38)46-48(11,12)41(6,7)8)22-18-20-30-19-17-21-33(28-30)39(43)44-14-2;1-3-4-5-12-25(29)21-13-15-22(16-14-21)27-23(24(28)18-26(27)30)11-7-10-20-9-6-8-19(2)17-20/h17,19,21,24-28,34-38H,13-16,18,20,22-23,29H2,1-12H3;6,8-9,13-17,23-27,29-30H,3-5,7,10-12,18H2,1-2H3/t34-,35+,36?,37+,38+;23-,24+,25?,26+,27+/m00/s1. The van der Waals surface area contributed by atoms with Gasteiger partial charge in [-0.25, -0.2) is 4.79 Å². The number of aryl methyl sites for hydroxylation is 3. The van der Waals surface area contributed by atoms with Crippen LogP contribution in [0, 0.1) is 18.8 Å². The topological polar surface area (TPSA) is 85.2 Å². The van der Waals surface area contributed by atoms with Crippen LogP contribution in [-0.2, 0) is 26.4 Å². The lowest BCUT2D eigenvalue weighted by Crippen LogP contribution is -2.44. The lowest BCUT2D eigenvalue weighted by molar-refractivity contribution is 0.0526. The average Bonchev–Trinajstić information content (AvgIpc) is 3.93. The van der Waals surface area contributed by atoms with E-state index in [0.29, 0.717) is 24.5 Å². The number of alkyl halides is 2. The van der Waals surface area contributed by atoms with Gasteiger partial charge in [0, 0.05) is 22.6 Å². The van der Waals surface area contributed by atoms with Gasteiger partial charge >= 0.3 is 5.97 Å². The number of esters is 1. The van der Waals surface area contributed by atoms with Crippen molar-refractivity contribution in [2.75, 3.05) is 6.61 Å². The molecule has 0 aliphatic heterocycles. The highest BCUT2D eigenvalue weighted by molar-refractivity contribution is 6.74. The van der Waals surface area contributed by atoms with E-state index < -0.39 is 28.8 Å². The van der Waals surface area contributed by atoms with Gasteiger partial charge in [-0.1, -0.05) is 184 Å². The molecule has 0 heterocycles. The maximum absolute atomic E-state index is 12.3. The Morgan fingerprint density at radius 1 is 0.641 bits per heavy atom. The molecule has 2 fully saturated rings. The summed E-state index contributed by atoms with van der Waals surface area (Å²) in [5.41, 5.74) is 9.20. The second-order valence-electron chi connectivity index (χ2n) is 26.3. The van der Waals surface area contributed by atoms with Crippen LogP contribution in [0.15, 0.2) is 97.1 Å². The molecule has 4 aromatic rings. The van der Waals surface area contributed by atoms with E-state index in [4.69, 9.17) is 36.8 Å². The zero-order chi connectivity index (χ0) is 57.4. The van der Waals surface area contributed by atoms with Crippen molar-refractivity contribution in [1.82, 2.24) is 0 Å². The van der Waals surface area contributed by atoms with Crippen molar-refractivity contribution in [2.45, 2.75) is 255 Å². The van der Waals surface area contributed by atoms with Crippen LogP contribution in [0.25, 0.3) is 0 Å². The molecule has 6 nitrogen and oxygen atoms in total.